The van der Waals surface area contributed by atoms with Gasteiger partial charge in [0.2, 0.25) is 0 Å². The Hall–Kier alpha value is -2.08. The second kappa shape index (κ2) is 7.08. The maximum Gasteiger partial charge on any atom is 0.338 e. The van der Waals surface area contributed by atoms with Gasteiger partial charge in [0.1, 0.15) is 6.10 Å². The minimum Gasteiger partial charge on any atom is -0.456 e. The fourth-order valence-electron chi connectivity index (χ4n) is 1.94. The first kappa shape index (κ1) is 15.3. The second-order valence-corrected chi connectivity index (χ2v) is 5.22. The largest absolute Gasteiger partial charge is 0.456 e. The van der Waals surface area contributed by atoms with Crippen molar-refractivity contribution in [2.45, 2.75) is 32.4 Å². The van der Waals surface area contributed by atoms with Gasteiger partial charge < -0.3 is 20.1 Å². The smallest absolute Gasteiger partial charge is 0.338 e. The third-order valence-corrected chi connectivity index (χ3v) is 2.96. The Kier molecular flexibility index (Phi) is 5.16. The van der Waals surface area contributed by atoms with Crippen molar-refractivity contribution in [3.8, 4) is 0 Å². The average Bonchev–Trinajstić information content (AvgIpc) is 2.91. The van der Waals surface area contributed by atoms with E-state index in [2.05, 4.69) is 10.6 Å². The molecule has 2 rings (SSSR count). The number of amides is 2. The van der Waals surface area contributed by atoms with Crippen LogP contribution in [0.4, 0.5) is 10.5 Å². The van der Waals surface area contributed by atoms with Gasteiger partial charge in [0.05, 0.1) is 18.8 Å². The zero-order valence-corrected chi connectivity index (χ0v) is 12.2. The van der Waals surface area contributed by atoms with Gasteiger partial charge in [-0.2, -0.15) is 0 Å². The predicted octanol–water partition coefficient (Wildman–Crippen LogP) is 2.16. The number of carbonyl (C=O) groups is 2. The molecule has 1 aliphatic heterocycles. The normalized spacial score (nSPS) is 17.6. The van der Waals surface area contributed by atoms with E-state index in [9.17, 15) is 9.59 Å². The van der Waals surface area contributed by atoms with Gasteiger partial charge in [-0.1, -0.05) is 0 Å². The first-order valence-corrected chi connectivity index (χ1v) is 7.01. The third kappa shape index (κ3) is 4.75. The molecule has 0 aliphatic carbocycles. The van der Waals surface area contributed by atoms with Gasteiger partial charge in [-0.25, -0.2) is 9.59 Å². The monoisotopic (exact) mass is 292 g/mol. The Morgan fingerprint density at radius 3 is 2.57 bits per heavy atom. The molecule has 1 atom stereocenters. The van der Waals surface area contributed by atoms with Crippen molar-refractivity contribution in [2.75, 3.05) is 18.5 Å². The van der Waals surface area contributed by atoms with Crippen LogP contribution in [0.25, 0.3) is 0 Å². The second-order valence-electron chi connectivity index (χ2n) is 5.22. The van der Waals surface area contributed by atoms with Gasteiger partial charge in [-0.3, -0.25) is 0 Å². The molecule has 2 N–H and O–H groups in total. The van der Waals surface area contributed by atoms with Gasteiger partial charge in [-0.15, -0.1) is 0 Å². The Morgan fingerprint density at radius 1 is 1.29 bits per heavy atom. The number of ether oxygens (including phenoxy) is 2. The van der Waals surface area contributed by atoms with Crippen LogP contribution >= 0.6 is 0 Å². The molecule has 1 heterocycles. The van der Waals surface area contributed by atoms with E-state index in [1.807, 2.05) is 13.8 Å². The summed E-state index contributed by atoms with van der Waals surface area (Å²) >= 11 is 0. The lowest BCUT2D eigenvalue weighted by atomic mass is 10.2. The van der Waals surface area contributed by atoms with Crippen molar-refractivity contribution in [3.05, 3.63) is 29.8 Å². The van der Waals surface area contributed by atoms with E-state index < -0.39 is 0 Å². The van der Waals surface area contributed by atoms with E-state index in [4.69, 9.17) is 9.47 Å². The van der Waals surface area contributed by atoms with E-state index in [-0.39, 0.29) is 24.1 Å². The molecule has 0 aromatic heterocycles. The molecule has 1 saturated heterocycles. The highest BCUT2D eigenvalue weighted by molar-refractivity contribution is 5.92. The number of nitrogens with one attached hydrogen (secondary N) is 2. The van der Waals surface area contributed by atoms with Crippen LogP contribution in [-0.4, -0.2) is 37.4 Å². The van der Waals surface area contributed by atoms with Crippen LogP contribution in [0.2, 0.25) is 0 Å². The number of urea groups is 1. The molecule has 1 aromatic rings. The molecule has 0 bridgehead atoms. The third-order valence-electron chi connectivity index (χ3n) is 2.96. The van der Waals surface area contributed by atoms with Crippen LogP contribution in [0.3, 0.4) is 0 Å². The topological polar surface area (TPSA) is 76.7 Å². The van der Waals surface area contributed by atoms with E-state index in [0.29, 0.717) is 24.5 Å². The molecule has 1 aromatic carbocycles. The maximum absolute atomic E-state index is 11.9. The summed E-state index contributed by atoms with van der Waals surface area (Å²) < 4.78 is 10.5. The number of carbonyl (C=O) groups excluding carboxylic acids is 2. The van der Waals surface area contributed by atoms with Crippen molar-refractivity contribution in [1.29, 1.82) is 0 Å². The van der Waals surface area contributed by atoms with Gasteiger partial charge in [-0.05, 0) is 38.1 Å². The summed E-state index contributed by atoms with van der Waals surface area (Å²) in [5.74, 6) is -0.372. The molecular weight excluding hydrogens is 272 g/mol. The summed E-state index contributed by atoms with van der Waals surface area (Å²) in [5.41, 5.74) is 1.07. The highest BCUT2D eigenvalue weighted by atomic mass is 16.6. The molecule has 1 aliphatic rings. The summed E-state index contributed by atoms with van der Waals surface area (Å²) in [5, 5.41) is 5.41. The van der Waals surface area contributed by atoms with Gasteiger partial charge in [0, 0.05) is 18.2 Å². The average molecular weight is 292 g/mol. The fourth-order valence-corrected chi connectivity index (χ4v) is 1.94. The molecule has 2 amide bonds. The van der Waals surface area contributed by atoms with Crippen LogP contribution in [0.5, 0.6) is 0 Å². The number of benzene rings is 1. The molecule has 0 unspecified atom stereocenters. The molecule has 0 spiro atoms. The molecule has 114 valence electrons. The number of anilines is 1. The predicted molar refractivity (Wildman–Crippen MR) is 78.4 cm³/mol. The van der Waals surface area contributed by atoms with Crippen molar-refractivity contribution < 1.29 is 19.1 Å². The van der Waals surface area contributed by atoms with Gasteiger partial charge in [0.25, 0.3) is 0 Å². The lowest BCUT2D eigenvalue weighted by Crippen LogP contribution is -2.34. The van der Waals surface area contributed by atoms with E-state index in [1.165, 1.54) is 0 Å². The lowest BCUT2D eigenvalue weighted by Gasteiger charge is -2.11. The van der Waals surface area contributed by atoms with E-state index in [1.54, 1.807) is 24.3 Å². The van der Waals surface area contributed by atoms with Crippen LogP contribution in [0, 0.1) is 0 Å². The number of hydrogen-bond acceptors (Lipinski definition) is 4. The Morgan fingerprint density at radius 2 is 2.00 bits per heavy atom. The first-order valence-electron chi connectivity index (χ1n) is 7.01. The minimum absolute atomic E-state index is 0.0629. The summed E-state index contributed by atoms with van der Waals surface area (Å²) in [6.45, 7) is 4.85. The summed E-state index contributed by atoms with van der Waals surface area (Å²) in [4.78, 5) is 23.4. The van der Waals surface area contributed by atoms with Crippen molar-refractivity contribution in [2.24, 2.45) is 0 Å². The molecule has 6 nitrogen and oxygen atoms in total. The summed E-state index contributed by atoms with van der Waals surface area (Å²) in [6.07, 6.45) is 0.577. The van der Waals surface area contributed by atoms with Crippen molar-refractivity contribution in [1.82, 2.24) is 5.32 Å². The zero-order chi connectivity index (χ0) is 15.2. The van der Waals surface area contributed by atoms with Crippen LogP contribution < -0.4 is 10.6 Å². The maximum atomic E-state index is 11.9. The first-order chi connectivity index (χ1) is 10.0. The lowest BCUT2D eigenvalue weighted by molar-refractivity contribution is 0.0270. The highest BCUT2D eigenvalue weighted by Crippen LogP contribution is 2.14. The molecule has 1 fully saturated rings. The Balaban J connectivity index is 1.88. The van der Waals surface area contributed by atoms with Gasteiger partial charge in [0.15, 0.2) is 0 Å². The van der Waals surface area contributed by atoms with E-state index >= 15 is 0 Å². The fraction of sp³-hybridized carbons (Fsp3) is 0.467. The Labute approximate surface area is 123 Å². The Bertz CT molecular complexity index is 493. The quantitative estimate of drug-likeness (QED) is 0.834. The number of hydrogen-bond donors (Lipinski definition) is 2. The van der Waals surface area contributed by atoms with Crippen molar-refractivity contribution in [3.63, 3.8) is 0 Å². The zero-order valence-electron chi connectivity index (χ0n) is 12.2. The number of rotatable bonds is 4. The summed E-state index contributed by atoms with van der Waals surface area (Å²) in [6, 6.07) is 6.38. The summed E-state index contributed by atoms with van der Waals surface area (Å²) in [7, 11) is 0. The van der Waals surface area contributed by atoms with Crippen LogP contribution in [-0.2, 0) is 9.47 Å². The van der Waals surface area contributed by atoms with Crippen molar-refractivity contribution >= 4 is 17.7 Å². The minimum atomic E-state index is -0.372. The molecule has 0 saturated carbocycles. The SMILES string of the molecule is CC(C)NC(=O)Nc1ccc(C(=O)O[C@H]2CCOC2)cc1. The standard InChI is InChI=1S/C15H20N2O4/c1-10(2)16-15(19)17-12-5-3-11(4-6-12)14(18)21-13-7-8-20-9-13/h3-6,10,13H,7-9H2,1-2H3,(H2,16,17,19)/t13-/m0/s1. The molecule has 21 heavy (non-hydrogen) atoms. The highest BCUT2D eigenvalue weighted by Gasteiger charge is 2.20. The van der Waals surface area contributed by atoms with Crippen LogP contribution in [0.15, 0.2) is 24.3 Å². The van der Waals surface area contributed by atoms with Crippen LogP contribution in [0.1, 0.15) is 30.6 Å². The molecule has 0 radical (unpaired) electrons. The van der Waals surface area contributed by atoms with E-state index in [0.717, 1.165) is 6.42 Å². The molecule has 6 heteroatoms. The number of esters is 1. The van der Waals surface area contributed by atoms with Gasteiger partial charge >= 0.3 is 12.0 Å². The molecular formula is C15H20N2O4.